The van der Waals surface area contributed by atoms with Crippen LogP contribution in [-0.4, -0.2) is 51.0 Å². The SMILES string of the molecule is Cn1ncc([N+](=O)[O-])c1OCC1CN(C(=O)OC(C)(C)C)C1. The number of rotatable bonds is 4. The molecule has 122 valence electrons. The lowest BCUT2D eigenvalue weighted by atomic mass is 10.0. The highest BCUT2D eigenvalue weighted by Crippen LogP contribution is 2.27. The van der Waals surface area contributed by atoms with Crippen molar-refractivity contribution >= 4 is 11.8 Å². The standard InChI is InChI=1S/C13H20N4O5/c1-13(2,3)22-12(18)16-6-9(7-16)8-21-11-10(17(19)20)5-14-15(11)4/h5,9H,6-8H2,1-4H3. The van der Waals surface area contributed by atoms with Crippen molar-refractivity contribution in [3.63, 3.8) is 0 Å². The van der Waals surface area contributed by atoms with Crippen molar-refractivity contribution in [1.29, 1.82) is 0 Å². The van der Waals surface area contributed by atoms with Gasteiger partial charge in [0.2, 0.25) is 0 Å². The fourth-order valence-corrected chi connectivity index (χ4v) is 2.05. The average Bonchev–Trinajstić information content (AvgIpc) is 2.66. The molecule has 1 aromatic rings. The molecule has 0 aromatic carbocycles. The molecule has 2 rings (SSSR count). The number of ether oxygens (including phenoxy) is 2. The van der Waals surface area contributed by atoms with E-state index in [-0.39, 0.29) is 23.6 Å². The monoisotopic (exact) mass is 312 g/mol. The predicted octanol–water partition coefficient (Wildman–Crippen LogP) is 1.57. The van der Waals surface area contributed by atoms with Crippen molar-refractivity contribution in [3.05, 3.63) is 16.3 Å². The number of aryl methyl sites for hydroxylation is 1. The minimum absolute atomic E-state index is 0.126. The molecule has 1 aliphatic rings. The molecule has 0 N–H and O–H groups in total. The first-order chi connectivity index (χ1) is 10.2. The van der Waals surface area contributed by atoms with Gasteiger partial charge < -0.3 is 14.4 Å². The molecule has 0 aliphatic carbocycles. The number of hydrogen-bond donors (Lipinski definition) is 0. The van der Waals surface area contributed by atoms with E-state index >= 15 is 0 Å². The number of carbonyl (C=O) groups excluding carboxylic acids is 1. The molecule has 9 nitrogen and oxygen atoms in total. The Morgan fingerprint density at radius 1 is 1.50 bits per heavy atom. The molecule has 1 fully saturated rings. The fourth-order valence-electron chi connectivity index (χ4n) is 2.05. The highest BCUT2D eigenvalue weighted by molar-refractivity contribution is 5.69. The Kier molecular flexibility index (Phi) is 4.25. The highest BCUT2D eigenvalue weighted by Gasteiger charge is 2.34. The summed E-state index contributed by atoms with van der Waals surface area (Å²) in [6.07, 6.45) is 0.804. The molecule has 1 amide bonds. The smallest absolute Gasteiger partial charge is 0.410 e. The third-order valence-corrected chi connectivity index (χ3v) is 3.13. The number of nitrogens with zero attached hydrogens (tertiary/aromatic N) is 4. The molecule has 1 aliphatic heterocycles. The third kappa shape index (κ3) is 3.66. The van der Waals surface area contributed by atoms with Gasteiger partial charge in [0, 0.05) is 26.1 Å². The number of hydrogen-bond acceptors (Lipinski definition) is 6. The Hall–Kier alpha value is -2.32. The first-order valence-corrected chi connectivity index (χ1v) is 6.94. The van der Waals surface area contributed by atoms with E-state index in [1.807, 2.05) is 20.8 Å². The zero-order chi connectivity index (χ0) is 16.5. The lowest BCUT2D eigenvalue weighted by Gasteiger charge is -2.39. The summed E-state index contributed by atoms with van der Waals surface area (Å²) >= 11 is 0. The summed E-state index contributed by atoms with van der Waals surface area (Å²) in [5.74, 6) is 0.253. The second kappa shape index (κ2) is 5.82. The molecule has 0 atom stereocenters. The Bertz CT molecular complexity index is 571. The van der Waals surface area contributed by atoms with Gasteiger partial charge in [-0.05, 0) is 20.8 Å². The van der Waals surface area contributed by atoms with Gasteiger partial charge in [-0.2, -0.15) is 5.10 Å². The van der Waals surface area contributed by atoms with Gasteiger partial charge >= 0.3 is 11.8 Å². The maximum atomic E-state index is 11.8. The highest BCUT2D eigenvalue weighted by atomic mass is 16.6. The van der Waals surface area contributed by atoms with Crippen LogP contribution in [0.5, 0.6) is 5.88 Å². The van der Waals surface area contributed by atoms with Gasteiger partial charge in [0.1, 0.15) is 11.8 Å². The lowest BCUT2D eigenvalue weighted by Crippen LogP contribution is -2.53. The summed E-state index contributed by atoms with van der Waals surface area (Å²) in [6, 6.07) is 0. The molecule has 1 saturated heterocycles. The molecule has 0 unspecified atom stereocenters. The quantitative estimate of drug-likeness (QED) is 0.618. The van der Waals surface area contributed by atoms with E-state index in [1.165, 1.54) is 4.68 Å². The van der Waals surface area contributed by atoms with Crippen LogP contribution in [0.4, 0.5) is 10.5 Å². The van der Waals surface area contributed by atoms with Gasteiger partial charge in [0.25, 0.3) is 5.88 Å². The molecule has 2 heterocycles. The first-order valence-electron chi connectivity index (χ1n) is 6.94. The average molecular weight is 312 g/mol. The van der Waals surface area contributed by atoms with Gasteiger partial charge in [0.15, 0.2) is 0 Å². The summed E-state index contributed by atoms with van der Waals surface area (Å²) in [5.41, 5.74) is -0.681. The van der Waals surface area contributed by atoms with E-state index in [2.05, 4.69) is 5.10 Å². The summed E-state index contributed by atoms with van der Waals surface area (Å²) in [7, 11) is 1.58. The normalized spacial score (nSPS) is 15.4. The van der Waals surface area contributed by atoms with Crippen molar-refractivity contribution in [1.82, 2.24) is 14.7 Å². The van der Waals surface area contributed by atoms with Crippen LogP contribution in [0.3, 0.4) is 0 Å². The van der Waals surface area contributed by atoms with Crippen molar-refractivity contribution in [3.8, 4) is 5.88 Å². The zero-order valence-corrected chi connectivity index (χ0v) is 13.1. The van der Waals surface area contributed by atoms with Gasteiger partial charge in [-0.25, -0.2) is 9.48 Å². The second-order valence-corrected chi connectivity index (χ2v) is 6.28. The van der Waals surface area contributed by atoms with E-state index < -0.39 is 10.5 Å². The Labute approximate surface area is 127 Å². The molecule has 1 aromatic heterocycles. The van der Waals surface area contributed by atoms with Crippen LogP contribution in [0.25, 0.3) is 0 Å². The predicted molar refractivity (Wildman–Crippen MR) is 76.7 cm³/mol. The third-order valence-electron chi connectivity index (χ3n) is 3.13. The summed E-state index contributed by atoms with van der Waals surface area (Å²) in [6.45, 7) is 6.76. The van der Waals surface area contributed by atoms with Crippen molar-refractivity contribution in [2.45, 2.75) is 26.4 Å². The molecule has 22 heavy (non-hydrogen) atoms. The Balaban J connectivity index is 1.81. The molecule has 0 spiro atoms. The Morgan fingerprint density at radius 2 is 2.14 bits per heavy atom. The van der Waals surface area contributed by atoms with Crippen LogP contribution in [0.2, 0.25) is 0 Å². The molecule has 0 radical (unpaired) electrons. The summed E-state index contributed by atoms with van der Waals surface area (Å²) in [5, 5.41) is 14.6. The lowest BCUT2D eigenvalue weighted by molar-refractivity contribution is -0.386. The van der Waals surface area contributed by atoms with E-state index in [1.54, 1.807) is 11.9 Å². The maximum absolute atomic E-state index is 11.8. The number of likely N-dealkylation sites (tertiary alicyclic amines) is 1. The van der Waals surface area contributed by atoms with E-state index in [9.17, 15) is 14.9 Å². The van der Waals surface area contributed by atoms with Crippen LogP contribution in [0.1, 0.15) is 20.8 Å². The molecule has 0 bridgehead atoms. The summed E-state index contributed by atoms with van der Waals surface area (Å²) in [4.78, 5) is 23.7. The Morgan fingerprint density at radius 3 is 2.68 bits per heavy atom. The molecular formula is C13H20N4O5. The van der Waals surface area contributed by atoms with Gasteiger partial charge in [0.05, 0.1) is 11.5 Å². The van der Waals surface area contributed by atoms with Crippen LogP contribution >= 0.6 is 0 Å². The number of nitro groups is 1. The molecular weight excluding hydrogens is 292 g/mol. The summed E-state index contributed by atoms with van der Waals surface area (Å²) < 4.78 is 12.1. The van der Waals surface area contributed by atoms with E-state index in [4.69, 9.17) is 9.47 Å². The number of carbonyl (C=O) groups is 1. The first kappa shape index (κ1) is 16.1. The molecule has 9 heteroatoms. The number of amides is 1. The fraction of sp³-hybridized carbons (Fsp3) is 0.692. The topological polar surface area (TPSA) is 99.7 Å². The maximum Gasteiger partial charge on any atom is 0.410 e. The van der Waals surface area contributed by atoms with Crippen molar-refractivity contribution < 1.29 is 19.2 Å². The van der Waals surface area contributed by atoms with Crippen molar-refractivity contribution in [2.75, 3.05) is 19.7 Å². The van der Waals surface area contributed by atoms with Crippen molar-refractivity contribution in [2.24, 2.45) is 13.0 Å². The van der Waals surface area contributed by atoms with Gasteiger partial charge in [-0.15, -0.1) is 0 Å². The minimum atomic E-state index is -0.532. The van der Waals surface area contributed by atoms with Crippen LogP contribution < -0.4 is 4.74 Å². The largest absolute Gasteiger partial charge is 0.473 e. The number of aromatic nitrogens is 2. The van der Waals surface area contributed by atoms with Gasteiger partial charge in [-0.1, -0.05) is 0 Å². The zero-order valence-electron chi connectivity index (χ0n) is 13.1. The van der Waals surface area contributed by atoms with Gasteiger partial charge in [-0.3, -0.25) is 10.1 Å². The minimum Gasteiger partial charge on any atom is -0.473 e. The van der Waals surface area contributed by atoms with E-state index in [0.29, 0.717) is 19.7 Å². The van der Waals surface area contributed by atoms with Crippen LogP contribution in [-0.2, 0) is 11.8 Å². The van der Waals surface area contributed by atoms with Crippen LogP contribution in [0, 0.1) is 16.0 Å². The molecule has 0 saturated carbocycles. The second-order valence-electron chi connectivity index (χ2n) is 6.28. The van der Waals surface area contributed by atoms with Crippen LogP contribution in [0.15, 0.2) is 6.20 Å². The van der Waals surface area contributed by atoms with E-state index in [0.717, 1.165) is 6.20 Å².